The Balaban J connectivity index is 1.59. The fourth-order valence-electron chi connectivity index (χ4n) is 3.89. The molecule has 1 aliphatic heterocycles. The Hall–Kier alpha value is -1.59. The van der Waals surface area contributed by atoms with E-state index in [4.69, 9.17) is 4.74 Å². The predicted octanol–water partition coefficient (Wildman–Crippen LogP) is 2.21. The summed E-state index contributed by atoms with van der Waals surface area (Å²) in [4.78, 5) is 17.0. The van der Waals surface area contributed by atoms with Gasteiger partial charge < -0.3 is 14.7 Å². The standard InChI is InChI=1S/C19H28N2O3/c1-24-17-9-7-15(8-10-17)18(22)19(23)21-12-4-11-20(13-14-21)16-5-2-3-6-16/h7-10,16,18,22H,2-6,11-14H2,1H3/t18-/m0/s1. The summed E-state index contributed by atoms with van der Waals surface area (Å²) in [5, 5.41) is 10.4. The van der Waals surface area contributed by atoms with Crippen LogP contribution in [0, 0.1) is 0 Å². The summed E-state index contributed by atoms with van der Waals surface area (Å²) in [6, 6.07) is 7.76. The largest absolute Gasteiger partial charge is 0.497 e. The lowest BCUT2D eigenvalue weighted by Crippen LogP contribution is -2.40. The van der Waals surface area contributed by atoms with E-state index in [-0.39, 0.29) is 5.91 Å². The van der Waals surface area contributed by atoms with Crippen LogP contribution in [-0.2, 0) is 4.79 Å². The molecule has 2 fully saturated rings. The van der Waals surface area contributed by atoms with Gasteiger partial charge in [-0.15, -0.1) is 0 Å². The number of nitrogens with zero attached hydrogens (tertiary/aromatic N) is 2. The van der Waals surface area contributed by atoms with Gasteiger partial charge in [-0.1, -0.05) is 25.0 Å². The summed E-state index contributed by atoms with van der Waals surface area (Å²) in [6.07, 6.45) is 5.15. The van der Waals surface area contributed by atoms with Crippen molar-refractivity contribution in [3.63, 3.8) is 0 Å². The molecule has 1 saturated heterocycles. The number of aliphatic hydroxyl groups excluding tert-OH is 1. The number of carbonyl (C=O) groups is 1. The van der Waals surface area contributed by atoms with Gasteiger partial charge in [0, 0.05) is 32.2 Å². The molecule has 5 heteroatoms. The van der Waals surface area contributed by atoms with Gasteiger partial charge >= 0.3 is 0 Å². The van der Waals surface area contributed by atoms with Crippen molar-refractivity contribution in [3.05, 3.63) is 29.8 Å². The van der Waals surface area contributed by atoms with Crippen LogP contribution in [0.25, 0.3) is 0 Å². The lowest BCUT2D eigenvalue weighted by Gasteiger charge is -2.27. The van der Waals surface area contributed by atoms with Crippen LogP contribution < -0.4 is 4.74 Å². The predicted molar refractivity (Wildman–Crippen MR) is 93.0 cm³/mol. The number of hydrogen-bond donors (Lipinski definition) is 1. The highest BCUT2D eigenvalue weighted by atomic mass is 16.5. The Morgan fingerprint density at radius 2 is 1.79 bits per heavy atom. The summed E-state index contributed by atoms with van der Waals surface area (Å²) < 4.78 is 5.12. The number of aliphatic hydroxyl groups is 1. The van der Waals surface area contributed by atoms with E-state index in [2.05, 4.69) is 4.90 Å². The van der Waals surface area contributed by atoms with Crippen molar-refractivity contribution in [2.24, 2.45) is 0 Å². The zero-order valence-corrected chi connectivity index (χ0v) is 14.5. The quantitative estimate of drug-likeness (QED) is 0.918. The van der Waals surface area contributed by atoms with Crippen LogP contribution in [0.5, 0.6) is 5.75 Å². The number of rotatable bonds is 4. The van der Waals surface area contributed by atoms with Crippen molar-refractivity contribution in [2.45, 2.75) is 44.2 Å². The first kappa shape index (κ1) is 17.2. The van der Waals surface area contributed by atoms with E-state index in [1.54, 1.807) is 31.4 Å². The van der Waals surface area contributed by atoms with Crippen molar-refractivity contribution in [3.8, 4) is 5.75 Å². The minimum atomic E-state index is -1.09. The average Bonchev–Trinajstić information content (AvgIpc) is 3.05. The maximum absolute atomic E-state index is 12.7. The first-order valence-corrected chi connectivity index (χ1v) is 9.04. The van der Waals surface area contributed by atoms with Crippen LogP contribution in [-0.4, -0.2) is 60.1 Å². The van der Waals surface area contributed by atoms with Crippen LogP contribution in [0.1, 0.15) is 43.8 Å². The molecule has 3 rings (SSSR count). The fourth-order valence-corrected chi connectivity index (χ4v) is 3.89. The van der Waals surface area contributed by atoms with E-state index >= 15 is 0 Å². The second-order valence-electron chi connectivity index (χ2n) is 6.83. The molecule has 132 valence electrons. The second-order valence-corrected chi connectivity index (χ2v) is 6.83. The average molecular weight is 332 g/mol. The molecular weight excluding hydrogens is 304 g/mol. The Labute approximate surface area is 144 Å². The molecule has 5 nitrogen and oxygen atoms in total. The molecule has 1 saturated carbocycles. The van der Waals surface area contributed by atoms with Crippen molar-refractivity contribution >= 4 is 5.91 Å². The molecule has 0 radical (unpaired) electrons. The molecule has 1 N–H and O–H groups in total. The minimum Gasteiger partial charge on any atom is -0.497 e. The Morgan fingerprint density at radius 1 is 1.08 bits per heavy atom. The molecule has 0 aromatic heterocycles. The monoisotopic (exact) mass is 332 g/mol. The molecule has 1 heterocycles. The molecule has 1 aromatic carbocycles. The molecule has 24 heavy (non-hydrogen) atoms. The molecular formula is C19H28N2O3. The Kier molecular flexibility index (Phi) is 5.74. The first-order valence-electron chi connectivity index (χ1n) is 9.04. The van der Waals surface area contributed by atoms with E-state index < -0.39 is 6.10 Å². The lowest BCUT2D eigenvalue weighted by molar-refractivity contribution is -0.140. The van der Waals surface area contributed by atoms with Gasteiger partial charge in [-0.2, -0.15) is 0 Å². The second kappa shape index (κ2) is 7.99. The van der Waals surface area contributed by atoms with Crippen molar-refractivity contribution < 1.29 is 14.6 Å². The number of benzene rings is 1. The molecule has 0 spiro atoms. The molecule has 0 unspecified atom stereocenters. The van der Waals surface area contributed by atoms with Crippen molar-refractivity contribution in [1.29, 1.82) is 0 Å². The normalized spacial score (nSPS) is 21.5. The molecule has 1 atom stereocenters. The van der Waals surface area contributed by atoms with Gasteiger partial charge in [0.15, 0.2) is 6.10 Å². The van der Waals surface area contributed by atoms with Crippen molar-refractivity contribution in [2.75, 3.05) is 33.3 Å². The molecule has 1 amide bonds. The zero-order chi connectivity index (χ0) is 16.9. The number of ether oxygens (including phenoxy) is 1. The van der Waals surface area contributed by atoms with Gasteiger partial charge in [0.05, 0.1) is 7.11 Å². The number of methoxy groups -OCH3 is 1. The van der Waals surface area contributed by atoms with Gasteiger partial charge in [-0.05, 0) is 37.0 Å². The summed E-state index contributed by atoms with van der Waals surface area (Å²) in [7, 11) is 1.60. The van der Waals surface area contributed by atoms with E-state index in [9.17, 15) is 9.90 Å². The highest BCUT2D eigenvalue weighted by Gasteiger charge is 2.29. The summed E-state index contributed by atoms with van der Waals surface area (Å²) in [5.41, 5.74) is 0.623. The Bertz CT molecular complexity index is 540. The van der Waals surface area contributed by atoms with Crippen LogP contribution in [0.4, 0.5) is 0 Å². The van der Waals surface area contributed by atoms with Gasteiger partial charge in [0.25, 0.3) is 5.91 Å². The topological polar surface area (TPSA) is 53.0 Å². The smallest absolute Gasteiger partial charge is 0.256 e. The third-order valence-corrected chi connectivity index (χ3v) is 5.35. The van der Waals surface area contributed by atoms with Crippen LogP contribution in [0.3, 0.4) is 0 Å². The van der Waals surface area contributed by atoms with Gasteiger partial charge in [-0.25, -0.2) is 0 Å². The summed E-state index contributed by atoms with van der Waals surface area (Å²) in [6.45, 7) is 3.43. The number of amides is 1. The maximum Gasteiger partial charge on any atom is 0.256 e. The summed E-state index contributed by atoms with van der Waals surface area (Å²) in [5.74, 6) is 0.536. The highest BCUT2D eigenvalue weighted by Crippen LogP contribution is 2.25. The zero-order valence-electron chi connectivity index (χ0n) is 14.5. The molecule has 1 aromatic rings. The van der Waals surface area contributed by atoms with E-state index in [0.29, 0.717) is 18.2 Å². The first-order chi connectivity index (χ1) is 11.7. The summed E-state index contributed by atoms with van der Waals surface area (Å²) >= 11 is 0. The molecule has 2 aliphatic rings. The van der Waals surface area contributed by atoms with Crippen LogP contribution in [0.15, 0.2) is 24.3 Å². The number of hydrogen-bond acceptors (Lipinski definition) is 4. The molecule has 1 aliphatic carbocycles. The van der Waals surface area contributed by atoms with Crippen LogP contribution in [0.2, 0.25) is 0 Å². The van der Waals surface area contributed by atoms with E-state index in [1.807, 2.05) is 4.90 Å². The third-order valence-electron chi connectivity index (χ3n) is 5.35. The molecule has 0 bridgehead atoms. The van der Waals surface area contributed by atoms with E-state index in [0.717, 1.165) is 31.8 Å². The highest BCUT2D eigenvalue weighted by molar-refractivity contribution is 5.82. The maximum atomic E-state index is 12.7. The minimum absolute atomic E-state index is 0.187. The SMILES string of the molecule is COc1ccc([C@H](O)C(=O)N2CCCN(C3CCCC3)CC2)cc1. The fraction of sp³-hybridized carbons (Fsp3) is 0.632. The number of carbonyl (C=O) groups excluding carboxylic acids is 1. The Morgan fingerprint density at radius 3 is 2.46 bits per heavy atom. The van der Waals surface area contributed by atoms with Crippen molar-refractivity contribution in [1.82, 2.24) is 9.80 Å². The van der Waals surface area contributed by atoms with E-state index in [1.165, 1.54) is 25.7 Å². The van der Waals surface area contributed by atoms with Gasteiger partial charge in [0.2, 0.25) is 0 Å². The van der Waals surface area contributed by atoms with Gasteiger partial charge in [-0.3, -0.25) is 9.69 Å². The third kappa shape index (κ3) is 3.90. The van der Waals surface area contributed by atoms with Gasteiger partial charge in [0.1, 0.15) is 5.75 Å². The van der Waals surface area contributed by atoms with Crippen LogP contribution >= 0.6 is 0 Å². The lowest BCUT2D eigenvalue weighted by atomic mass is 10.1.